The van der Waals surface area contributed by atoms with E-state index < -0.39 is 0 Å². The van der Waals surface area contributed by atoms with Crippen molar-refractivity contribution in [1.82, 2.24) is 24.9 Å². The molecular weight excluding hydrogens is 290 g/mol. The Bertz CT molecular complexity index is 659. The van der Waals surface area contributed by atoms with E-state index in [1.165, 1.54) is 0 Å². The van der Waals surface area contributed by atoms with Gasteiger partial charge < -0.3 is 4.90 Å². The monoisotopic (exact) mass is 315 g/mol. The van der Waals surface area contributed by atoms with Gasteiger partial charge in [0, 0.05) is 19.8 Å². The molecule has 1 saturated heterocycles. The highest BCUT2D eigenvalue weighted by atomic mass is 16.2. The van der Waals surface area contributed by atoms with E-state index in [0.717, 1.165) is 43.6 Å². The molecule has 23 heavy (non-hydrogen) atoms. The van der Waals surface area contributed by atoms with E-state index in [2.05, 4.69) is 29.1 Å². The molecule has 0 bridgehead atoms. The fraction of sp³-hybridized carbons (Fsp3) is 0.588. The summed E-state index contributed by atoms with van der Waals surface area (Å²) in [5.74, 6) is 0.592. The normalized spacial score (nSPS) is 18.6. The number of rotatable bonds is 4. The van der Waals surface area contributed by atoms with Crippen molar-refractivity contribution in [3.8, 4) is 0 Å². The molecule has 0 radical (unpaired) electrons. The lowest BCUT2D eigenvalue weighted by Crippen LogP contribution is -2.39. The largest absolute Gasteiger partial charge is 0.329 e. The lowest BCUT2D eigenvalue weighted by molar-refractivity contribution is 0.0594. The van der Waals surface area contributed by atoms with Crippen LogP contribution in [0.2, 0.25) is 0 Å². The number of aromatic nitrogens is 4. The summed E-state index contributed by atoms with van der Waals surface area (Å²) >= 11 is 0. The van der Waals surface area contributed by atoms with E-state index in [4.69, 9.17) is 0 Å². The first-order valence-electron chi connectivity index (χ1n) is 8.39. The summed E-state index contributed by atoms with van der Waals surface area (Å²) in [6.07, 6.45) is 5.80. The molecule has 1 N–H and O–H groups in total. The summed E-state index contributed by atoms with van der Waals surface area (Å²) in [5, 5.41) is 11.6. The first kappa shape index (κ1) is 15.8. The standard InChI is InChI=1S/C17H25N5O/c1-12(2)10-13-11-16(21(3)20-13)17(23)22-9-5-4-6-15(22)14-7-8-18-19-14/h7-8,11-12,15H,4-6,9-10H2,1-3H3,(H,18,19)/t15-/m0/s1. The van der Waals surface area contributed by atoms with E-state index in [0.29, 0.717) is 11.6 Å². The number of hydrogen-bond acceptors (Lipinski definition) is 3. The van der Waals surface area contributed by atoms with Crippen LogP contribution in [0.1, 0.15) is 61.0 Å². The molecule has 1 atom stereocenters. The maximum atomic E-state index is 13.1. The minimum Gasteiger partial charge on any atom is -0.329 e. The van der Waals surface area contributed by atoms with Gasteiger partial charge in [-0.05, 0) is 43.7 Å². The zero-order valence-corrected chi connectivity index (χ0v) is 14.1. The van der Waals surface area contributed by atoms with Crippen LogP contribution in [0.3, 0.4) is 0 Å². The molecule has 0 saturated carbocycles. The van der Waals surface area contributed by atoms with Gasteiger partial charge in [0.05, 0.1) is 17.4 Å². The molecule has 0 unspecified atom stereocenters. The number of nitrogens with zero attached hydrogens (tertiary/aromatic N) is 4. The molecule has 2 aromatic heterocycles. The van der Waals surface area contributed by atoms with E-state index in [1.807, 2.05) is 24.1 Å². The predicted octanol–water partition coefficient (Wildman–Crippen LogP) is 2.71. The second-order valence-corrected chi connectivity index (χ2v) is 6.76. The summed E-state index contributed by atoms with van der Waals surface area (Å²) < 4.78 is 1.72. The minimum atomic E-state index is 0.0642. The van der Waals surface area contributed by atoms with Gasteiger partial charge in [-0.3, -0.25) is 14.6 Å². The van der Waals surface area contributed by atoms with Crippen molar-refractivity contribution in [3.05, 3.63) is 35.4 Å². The summed E-state index contributed by atoms with van der Waals surface area (Å²) in [4.78, 5) is 15.0. The van der Waals surface area contributed by atoms with Crippen molar-refractivity contribution in [2.45, 2.75) is 45.6 Å². The second kappa shape index (κ2) is 6.56. The number of amides is 1. The number of hydrogen-bond donors (Lipinski definition) is 1. The molecule has 6 heteroatoms. The summed E-state index contributed by atoms with van der Waals surface area (Å²) in [6, 6.07) is 3.99. The number of nitrogens with one attached hydrogen (secondary N) is 1. The van der Waals surface area contributed by atoms with Crippen LogP contribution in [-0.4, -0.2) is 37.3 Å². The number of carbonyl (C=O) groups excluding carboxylic acids is 1. The Kier molecular flexibility index (Phi) is 4.50. The van der Waals surface area contributed by atoms with Crippen LogP contribution in [0, 0.1) is 5.92 Å². The van der Waals surface area contributed by atoms with Gasteiger partial charge in [-0.25, -0.2) is 0 Å². The average molecular weight is 315 g/mol. The first-order valence-corrected chi connectivity index (χ1v) is 8.39. The molecule has 3 heterocycles. The smallest absolute Gasteiger partial charge is 0.272 e. The number of piperidine rings is 1. The Hall–Kier alpha value is -2.11. The number of aromatic amines is 1. The Balaban J connectivity index is 1.84. The van der Waals surface area contributed by atoms with Gasteiger partial charge in [-0.15, -0.1) is 0 Å². The van der Waals surface area contributed by atoms with Crippen LogP contribution < -0.4 is 0 Å². The van der Waals surface area contributed by atoms with Gasteiger partial charge in [-0.2, -0.15) is 10.2 Å². The van der Waals surface area contributed by atoms with Crippen LogP contribution in [0.4, 0.5) is 0 Å². The SMILES string of the molecule is CC(C)Cc1cc(C(=O)N2CCCC[C@H]2c2ccn[nH]2)n(C)n1. The molecule has 1 amide bonds. The van der Waals surface area contributed by atoms with Crippen LogP contribution in [0.25, 0.3) is 0 Å². The maximum Gasteiger partial charge on any atom is 0.272 e. The van der Waals surface area contributed by atoms with E-state index in [-0.39, 0.29) is 11.9 Å². The quantitative estimate of drug-likeness (QED) is 0.943. The molecule has 1 aliphatic rings. The van der Waals surface area contributed by atoms with Gasteiger partial charge in [0.2, 0.25) is 0 Å². The van der Waals surface area contributed by atoms with Gasteiger partial charge >= 0.3 is 0 Å². The van der Waals surface area contributed by atoms with E-state index in [9.17, 15) is 4.79 Å². The molecule has 0 aliphatic carbocycles. The highest BCUT2D eigenvalue weighted by molar-refractivity contribution is 5.93. The second-order valence-electron chi connectivity index (χ2n) is 6.76. The summed E-state index contributed by atoms with van der Waals surface area (Å²) in [6.45, 7) is 5.11. The third-order valence-corrected chi connectivity index (χ3v) is 4.41. The predicted molar refractivity (Wildman–Crippen MR) is 88.0 cm³/mol. The van der Waals surface area contributed by atoms with Crippen LogP contribution in [-0.2, 0) is 13.5 Å². The Morgan fingerprint density at radius 2 is 2.26 bits per heavy atom. The third-order valence-electron chi connectivity index (χ3n) is 4.41. The van der Waals surface area contributed by atoms with Crippen LogP contribution in [0.15, 0.2) is 18.3 Å². The first-order chi connectivity index (χ1) is 11.1. The molecule has 3 rings (SSSR count). The molecule has 2 aromatic rings. The van der Waals surface area contributed by atoms with Gasteiger partial charge in [0.15, 0.2) is 0 Å². The van der Waals surface area contributed by atoms with Crippen molar-refractivity contribution in [2.75, 3.05) is 6.54 Å². The molecule has 124 valence electrons. The van der Waals surface area contributed by atoms with Crippen LogP contribution >= 0.6 is 0 Å². The van der Waals surface area contributed by atoms with Gasteiger partial charge in [-0.1, -0.05) is 13.8 Å². The number of aryl methyl sites for hydroxylation is 1. The van der Waals surface area contributed by atoms with Crippen molar-refractivity contribution >= 4 is 5.91 Å². The third kappa shape index (κ3) is 3.30. The van der Waals surface area contributed by atoms with Gasteiger partial charge in [0.1, 0.15) is 5.69 Å². The lowest BCUT2D eigenvalue weighted by atomic mass is 9.99. The highest BCUT2D eigenvalue weighted by Gasteiger charge is 2.31. The zero-order chi connectivity index (χ0) is 16.4. The summed E-state index contributed by atoms with van der Waals surface area (Å²) in [7, 11) is 1.85. The highest BCUT2D eigenvalue weighted by Crippen LogP contribution is 2.31. The van der Waals surface area contributed by atoms with E-state index in [1.54, 1.807) is 10.9 Å². The number of H-pyrrole nitrogens is 1. The minimum absolute atomic E-state index is 0.0642. The fourth-order valence-corrected chi connectivity index (χ4v) is 3.34. The Morgan fingerprint density at radius 3 is 2.96 bits per heavy atom. The van der Waals surface area contributed by atoms with Crippen molar-refractivity contribution in [3.63, 3.8) is 0 Å². The van der Waals surface area contributed by atoms with Crippen molar-refractivity contribution in [2.24, 2.45) is 13.0 Å². The fourth-order valence-electron chi connectivity index (χ4n) is 3.34. The molecule has 0 aromatic carbocycles. The molecular formula is C17H25N5O. The molecule has 6 nitrogen and oxygen atoms in total. The van der Waals surface area contributed by atoms with Crippen molar-refractivity contribution in [1.29, 1.82) is 0 Å². The molecule has 1 aliphatic heterocycles. The van der Waals surface area contributed by atoms with Gasteiger partial charge in [0.25, 0.3) is 5.91 Å². The van der Waals surface area contributed by atoms with Crippen LogP contribution in [0.5, 0.6) is 0 Å². The maximum absolute atomic E-state index is 13.1. The zero-order valence-electron chi connectivity index (χ0n) is 14.1. The van der Waals surface area contributed by atoms with E-state index >= 15 is 0 Å². The summed E-state index contributed by atoms with van der Waals surface area (Å²) in [5.41, 5.74) is 2.68. The topological polar surface area (TPSA) is 66.8 Å². The number of carbonyl (C=O) groups is 1. The lowest BCUT2D eigenvalue weighted by Gasteiger charge is -2.35. The van der Waals surface area contributed by atoms with Crippen molar-refractivity contribution < 1.29 is 4.79 Å². The Labute approximate surface area is 136 Å². The number of likely N-dealkylation sites (tertiary alicyclic amines) is 1. The average Bonchev–Trinajstić information content (AvgIpc) is 3.16. The molecule has 1 fully saturated rings. The molecule has 0 spiro atoms. The Morgan fingerprint density at radius 1 is 1.43 bits per heavy atom.